The van der Waals surface area contributed by atoms with Gasteiger partial charge in [-0.15, -0.1) is 12.6 Å². The lowest BCUT2D eigenvalue weighted by atomic mass is 10.2. The second-order valence-electron chi connectivity index (χ2n) is 4.36. The van der Waals surface area contributed by atoms with E-state index in [1.54, 1.807) is 0 Å². The van der Waals surface area contributed by atoms with Crippen molar-refractivity contribution < 1.29 is 0 Å². The first-order valence-corrected chi connectivity index (χ1v) is 6.29. The Bertz CT molecular complexity index is 286. The highest BCUT2D eigenvalue weighted by molar-refractivity contribution is 7.80. The maximum absolute atomic E-state index is 4.30. The zero-order chi connectivity index (χ0) is 10.5. The van der Waals surface area contributed by atoms with Crippen LogP contribution in [0, 0.1) is 0 Å². The van der Waals surface area contributed by atoms with Gasteiger partial charge in [0.25, 0.3) is 0 Å². The van der Waals surface area contributed by atoms with E-state index in [-0.39, 0.29) is 0 Å². The number of likely N-dealkylation sites (tertiary alicyclic amines) is 1. The predicted octanol–water partition coefficient (Wildman–Crippen LogP) is 3.35. The minimum Gasteiger partial charge on any atom is -0.299 e. The van der Waals surface area contributed by atoms with Gasteiger partial charge in [0.1, 0.15) is 0 Å². The van der Waals surface area contributed by atoms with Crippen molar-refractivity contribution in [2.45, 2.75) is 37.1 Å². The largest absolute Gasteiger partial charge is 0.299 e. The lowest BCUT2D eigenvalue weighted by Gasteiger charge is -2.19. The van der Waals surface area contributed by atoms with Crippen LogP contribution in [0.1, 0.15) is 31.2 Å². The van der Waals surface area contributed by atoms with Crippen LogP contribution in [0.2, 0.25) is 0 Å². The molecule has 0 aromatic heterocycles. The number of nitrogens with zero attached hydrogens (tertiary/aromatic N) is 1. The molecule has 0 atom stereocenters. The summed E-state index contributed by atoms with van der Waals surface area (Å²) in [4.78, 5) is 3.62. The Morgan fingerprint density at radius 2 is 1.53 bits per heavy atom. The van der Waals surface area contributed by atoms with Crippen LogP contribution in [0.5, 0.6) is 0 Å². The average molecular weight is 221 g/mol. The van der Waals surface area contributed by atoms with Crippen molar-refractivity contribution in [1.29, 1.82) is 0 Å². The van der Waals surface area contributed by atoms with E-state index in [1.165, 1.54) is 44.3 Å². The van der Waals surface area contributed by atoms with Gasteiger partial charge in [0, 0.05) is 11.4 Å². The Balaban J connectivity index is 1.92. The summed E-state index contributed by atoms with van der Waals surface area (Å²) in [5.41, 5.74) is 1.41. The van der Waals surface area contributed by atoms with Gasteiger partial charge in [0.05, 0.1) is 0 Å². The maximum atomic E-state index is 4.30. The van der Waals surface area contributed by atoms with Crippen LogP contribution < -0.4 is 0 Å². The molecule has 0 unspecified atom stereocenters. The minimum absolute atomic E-state index is 1.05. The van der Waals surface area contributed by atoms with E-state index in [1.807, 2.05) is 0 Å². The van der Waals surface area contributed by atoms with Gasteiger partial charge in [-0.3, -0.25) is 4.90 Å². The summed E-state index contributed by atoms with van der Waals surface area (Å²) >= 11 is 4.30. The summed E-state index contributed by atoms with van der Waals surface area (Å²) < 4.78 is 0. The predicted molar refractivity (Wildman–Crippen MR) is 67.4 cm³/mol. The molecule has 0 N–H and O–H groups in total. The fourth-order valence-electron chi connectivity index (χ4n) is 2.15. The Kier molecular flexibility index (Phi) is 4.09. The first-order valence-electron chi connectivity index (χ1n) is 5.85. The molecule has 1 aliphatic rings. The third-order valence-electron chi connectivity index (χ3n) is 3.04. The number of hydrogen-bond donors (Lipinski definition) is 1. The van der Waals surface area contributed by atoms with Crippen LogP contribution >= 0.6 is 12.6 Å². The van der Waals surface area contributed by atoms with Gasteiger partial charge in [0.15, 0.2) is 0 Å². The van der Waals surface area contributed by atoms with Crippen molar-refractivity contribution in [3.05, 3.63) is 29.8 Å². The van der Waals surface area contributed by atoms with Gasteiger partial charge in [0.2, 0.25) is 0 Å². The van der Waals surface area contributed by atoms with Crippen molar-refractivity contribution in [2.24, 2.45) is 0 Å². The molecule has 0 spiro atoms. The summed E-state index contributed by atoms with van der Waals surface area (Å²) in [7, 11) is 0. The third-order valence-corrected chi connectivity index (χ3v) is 3.34. The Hall–Kier alpha value is -0.470. The van der Waals surface area contributed by atoms with Crippen LogP contribution in [-0.2, 0) is 6.54 Å². The average Bonchev–Trinajstić information content (AvgIpc) is 2.50. The number of thiol groups is 1. The molecule has 0 bridgehead atoms. The summed E-state index contributed by atoms with van der Waals surface area (Å²) in [6.45, 7) is 3.64. The molecule has 0 saturated carbocycles. The molecule has 0 radical (unpaired) electrons. The SMILES string of the molecule is Sc1ccc(CN2CCCCCC2)cc1. The van der Waals surface area contributed by atoms with Crippen molar-refractivity contribution >= 4 is 12.6 Å². The molecule has 0 amide bonds. The monoisotopic (exact) mass is 221 g/mol. The van der Waals surface area contributed by atoms with E-state index in [0.717, 1.165) is 11.4 Å². The van der Waals surface area contributed by atoms with Crippen LogP contribution in [0.15, 0.2) is 29.2 Å². The fourth-order valence-corrected chi connectivity index (χ4v) is 2.30. The molecular weight excluding hydrogens is 202 g/mol. The highest BCUT2D eigenvalue weighted by Gasteiger charge is 2.08. The van der Waals surface area contributed by atoms with Crippen LogP contribution in [0.25, 0.3) is 0 Å². The molecule has 1 saturated heterocycles. The second kappa shape index (κ2) is 5.57. The molecule has 15 heavy (non-hydrogen) atoms. The normalized spacial score (nSPS) is 18.7. The van der Waals surface area contributed by atoms with Crippen LogP contribution in [0.3, 0.4) is 0 Å². The molecule has 1 heterocycles. The van der Waals surface area contributed by atoms with E-state index in [4.69, 9.17) is 0 Å². The number of rotatable bonds is 2. The molecule has 2 rings (SSSR count). The van der Waals surface area contributed by atoms with E-state index in [2.05, 4.69) is 41.8 Å². The Morgan fingerprint density at radius 3 is 2.13 bits per heavy atom. The van der Waals surface area contributed by atoms with Gasteiger partial charge < -0.3 is 0 Å². The molecule has 82 valence electrons. The van der Waals surface area contributed by atoms with Crippen molar-refractivity contribution in [3.63, 3.8) is 0 Å². The van der Waals surface area contributed by atoms with Gasteiger partial charge in [-0.25, -0.2) is 0 Å². The third kappa shape index (κ3) is 3.54. The first-order chi connectivity index (χ1) is 7.34. The zero-order valence-corrected chi connectivity index (χ0v) is 10.0. The zero-order valence-electron chi connectivity index (χ0n) is 9.15. The van der Waals surface area contributed by atoms with Crippen molar-refractivity contribution in [2.75, 3.05) is 13.1 Å². The van der Waals surface area contributed by atoms with Crippen LogP contribution in [0.4, 0.5) is 0 Å². The van der Waals surface area contributed by atoms with E-state index >= 15 is 0 Å². The second-order valence-corrected chi connectivity index (χ2v) is 4.87. The summed E-state index contributed by atoms with van der Waals surface area (Å²) in [6.07, 6.45) is 5.55. The van der Waals surface area contributed by atoms with E-state index in [0.29, 0.717) is 0 Å². The number of hydrogen-bond acceptors (Lipinski definition) is 2. The highest BCUT2D eigenvalue weighted by Crippen LogP contribution is 2.14. The Labute approximate surface area is 97.9 Å². The lowest BCUT2D eigenvalue weighted by molar-refractivity contribution is 0.277. The molecule has 1 nitrogen and oxygen atoms in total. The van der Waals surface area contributed by atoms with Crippen molar-refractivity contribution in [3.8, 4) is 0 Å². The molecule has 1 aromatic carbocycles. The summed E-state index contributed by atoms with van der Waals surface area (Å²) in [5, 5.41) is 0. The Morgan fingerprint density at radius 1 is 0.933 bits per heavy atom. The van der Waals surface area contributed by atoms with Gasteiger partial charge in [-0.05, 0) is 43.6 Å². The van der Waals surface area contributed by atoms with Gasteiger partial charge >= 0.3 is 0 Å². The quantitative estimate of drug-likeness (QED) is 0.750. The maximum Gasteiger partial charge on any atom is 0.0233 e. The van der Waals surface area contributed by atoms with Crippen LogP contribution in [-0.4, -0.2) is 18.0 Å². The standard InChI is InChI=1S/C13H19NS/c15-13-7-5-12(6-8-13)11-14-9-3-1-2-4-10-14/h5-8,15H,1-4,9-11H2. The topological polar surface area (TPSA) is 3.24 Å². The molecule has 1 aromatic rings. The lowest BCUT2D eigenvalue weighted by Crippen LogP contribution is -2.23. The number of benzene rings is 1. The van der Waals surface area contributed by atoms with Crippen molar-refractivity contribution in [1.82, 2.24) is 4.90 Å². The molecule has 2 heteroatoms. The fraction of sp³-hybridized carbons (Fsp3) is 0.538. The molecule has 1 aliphatic heterocycles. The van der Waals surface area contributed by atoms with E-state index in [9.17, 15) is 0 Å². The summed E-state index contributed by atoms with van der Waals surface area (Å²) in [6, 6.07) is 8.53. The molecule has 0 aliphatic carbocycles. The molecule has 1 fully saturated rings. The molecular formula is C13H19NS. The smallest absolute Gasteiger partial charge is 0.0233 e. The van der Waals surface area contributed by atoms with Gasteiger partial charge in [-0.2, -0.15) is 0 Å². The van der Waals surface area contributed by atoms with E-state index < -0.39 is 0 Å². The summed E-state index contributed by atoms with van der Waals surface area (Å²) in [5.74, 6) is 0. The highest BCUT2D eigenvalue weighted by atomic mass is 32.1. The minimum atomic E-state index is 1.05. The van der Waals surface area contributed by atoms with Gasteiger partial charge in [-0.1, -0.05) is 25.0 Å². The first kappa shape index (κ1) is 11.0.